The number of esters is 2. The summed E-state index contributed by atoms with van der Waals surface area (Å²) in [4.78, 5) is 28.4. The summed E-state index contributed by atoms with van der Waals surface area (Å²) < 4.78 is 12.6. The number of rotatable bonds is 4. The molecule has 0 N–H and O–H groups in total. The fraction of sp³-hybridized carbons (Fsp3) is 0.133. The van der Waals surface area contributed by atoms with E-state index in [-0.39, 0.29) is 0 Å². The first-order chi connectivity index (χ1) is 16.5. The SMILES string of the molecule is Cc1ccccc1[C@]1(c2ccccc2)OC(=O)[C@](c2ccccc2)(c2ccccc2C)OC1=O. The fourth-order valence-corrected chi connectivity index (χ4v) is 4.78. The molecule has 1 aliphatic heterocycles. The molecule has 0 amide bonds. The summed E-state index contributed by atoms with van der Waals surface area (Å²) in [5, 5.41) is 0. The molecule has 34 heavy (non-hydrogen) atoms. The van der Waals surface area contributed by atoms with Crippen LogP contribution in [0, 0.1) is 13.8 Å². The van der Waals surface area contributed by atoms with E-state index >= 15 is 0 Å². The minimum atomic E-state index is -1.72. The first kappa shape index (κ1) is 21.7. The first-order valence-corrected chi connectivity index (χ1v) is 11.2. The van der Waals surface area contributed by atoms with Gasteiger partial charge in [0.2, 0.25) is 0 Å². The van der Waals surface area contributed by atoms with Gasteiger partial charge in [-0.3, -0.25) is 0 Å². The molecule has 0 spiro atoms. The van der Waals surface area contributed by atoms with Gasteiger partial charge in [0.15, 0.2) is 0 Å². The molecule has 0 aromatic heterocycles. The summed E-state index contributed by atoms with van der Waals surface area (Å²) >= 11 is 0. The average Bonchev–Trinajstić information content (AvgIpc) is 2.87. The van der Waals surface area contributed by atoms with Crippen molar-refractivity contribution < 1.29 is 19.1 Å². The molecule has 0 bridgehead atoms. The summed E-state index contributed by atoms with van der Waals surface area (Å²) in [6.45, 7) is 3.78. The third-order valence-electron chi connectivity index (χ3n) is 6.48. The Balaban J connectivity index is 1.77. The predicted octanol–water partition coefficient (Wildman–Crippen LogP) is 5.59. The molecule has 0 unspecified atom stereocenters. The van der Waals surface area contributed by atoms with Crippen LogP contribution in [0.1, 0.15) is 33.4 Å². The lowest BCUT2D eigenvalue weighted by Crippen LogP contribution is -2.58. The highest BCUT2D eigenvalue weighted by Gasteiger charge is 2.62. The van der Waals surface area contributed by atoms with Crippen molar-refractivity contribution in [2.75, 3.05) is 0 Å². The highest BCUT2D eigenvalue weighted by Crippen LogP contribution is 2.48. The molecule has 0 aliphatic carbocycles. The number of ether oxygens (including phenoxy) is 2. The molecule has 0 saturated carbocycles. The lowest BCUT2D eigenvalue weighted by Gasteiger charge is -2.45. The van der Waals surface area contributed by atoms with Crippen LogP contribution in [-0.4, -0.2) is 11.9 Å². The zero-order valence-corrected chi connectivity index (χ0v) is 19.0. The Labute approximate surface area is 198 Å². The summed E-state index contributed by atoms with van der Waals surface area (Å²) in [7, 11) is 0. The van der Waals surface area contributed by atoms with E-state index in [4.69, 9.17) is 9.47 Å². The maximum Gasteiger partial charge on any atom is 0.362 e. The molecule has 5 rings (SSSR count). The van der Waals surface area contributed by atoms with Crippen molar-refractivity contribution in [1.29, 1.82) is 0 Å². The van der Waals surface area contributed by atoms with E-state index in [1.54, 1.807) is 36.4 Å². The lowest BCUT2D eigenvalue weighted by molar-refractivity contribution is -0.220. The number of benzene rings is 4. The highest BCUT2D eigenvalue weighted by molar-refractivity contribution is 5.99. The smallest absolute Gasteiger partial charge is 0.362 e. The molecule has 4 aromatic rings. The lowest BCUT2D eigenvalue weighted by atomic mass is 9.78. The molecule has 0 radical (unpaired) electrons. The second-order valence-corrected chi connectivity index (χ2v) is 8.50. The second-order valence-electron chi connectivity index (χ2n) is 8.50. The Morgan fingerprint density at radius 1 is 0.471 bits per heavy atom. The van der Waals surface area contributed by atoms with E-state index in [2.05, 4.69) is 0 Å². The minimum absolute atomic E-state index is 0.536. The Bertz CT molecular complexity index is 1260. The zero-order chi connectivity index (χ0) is 23.8. The average molecular weight is 449 g/mol. The van der Waals surface area contributed by atoms with Crippen molar-refractivity contribution in [2.45, 2.75) is 25.0 Å². The van der Waals surface area contributed by atoms with Gasteiger partial charge in [0.05, 0.1) is 0 Å². The number of hydrogen-bond donors (Lipinski definition) is 0. The van der Waals surface area contributed by atoms with E-state index in [1.165, 1.54) is 0 Å². The minimum Gasteiger partial charge on any atom is -0.433 e. The quantitative estimate of drug-likeness (QED) is 0.382. The zero-order valence-electron chi connectivity index (χ0n) is 19.0. The molecule has 1 saturated heterocycles. The van der Waals surface area contributed by atoms with Crippen LogP contribution < -0.4 is 0 Å². The van der Waals surface area contributed by atoms with Crippen molar-refractivity contribution in [3.63, 3.8) is 0 Å². The van der Waals surface area contributed by atoms with Gasteiger partial charge in [-0.15, -0.1) is 0 Å². The molecule has 1 heterocycles. The number of aryl methyl sites for hydroxylation is 2. The van der Waals surface area contributed by atoms with Crippen LogP contribution in [0.25, 0.3) is 0 Å². The molecule has 4 heteroatoms. The third-order valence-corrected chi connectivity index (χ3v) is 6.48. The predicted molar refractivity (Wildman–Crippen MR) is 129 cm³/mol. The monoisotopic (exact) mass is 448 g/mol. The van der Waals surface area contributed by atoms with Crippen molar-refractivity contribution in [3.05, 3.63) is 143 Å². The van der Waals surface area contributed by atoms with Crippen LogP contribution in [0.3, 0.4) is 0 Å². The van der Waals surface area contributed by atoms with Crippen LogP contribution in [0.15, 0.2) is 109 Å². The molecular weight excluding hydrogens is 424 g/mol. The number of hydrogen-bond acceptors (Lipinski definition) is 4. The van der Waals surface area contributed by atoms with E-state index < -0.39 is 23.1 Å². The van der Waals surface area contributed by atoms with Crippen LogP contribution >= 0.6 is 0 Å². The van der Waals surface area contributed by atoms with Gasteiger partial charge in [-0.25, -0.2) is 9.59 Å². The number of carbonyl (C=O) groups excluding carboxylic acids is 2. The molecule has 4 nitrogen and oxygen atoms in total. The molecule has 168 valence electrons. The second kappa shape index (κ2) is 8.31. The molecule has 2 atom stereocenters. The normalized spacial score (nSPS) is 22.1. The first-order valence-electron chi connectivity index (χ1n) is 11.2. The summed E-state index contributed by atoms with van der Waals surface area (Å²) in [6.07, 6.45) is 0. The fourth-order valence-electron chi connectivity index (χ4n) is 4.78. The number of cyclic esters (lactones) is 2. The topological polar surface area (TPSA) is 52.6 Å². The molecular formula is C30H24O4. The maximum absolute atomic E-state index is 14.2. The van der Waals surface area contributed by atoms with E-state index in [9.17, 15) is 9.59 Å². The Morgan fingerprint density at radius 3 is 1.15 bits per heavy atom. The molecule has 4 aromatic carbocycles. The van der Waals surface area contributed by atoms with Crippen molar-refractivity contribution >= 4 is 11.9 Å². The number of carbonyl (C=O) groups is 2. The van der Waals surface area contributed by atoms with Gasteiger partial charge in [-0.05, 0) is 25.0 Å². The van der Waals surface area contributed by atoms with Gasteiger partial charge in [0.1, 0.15) is 0 Å². The van der Waals surface area contributed by atoms with E-state index in [0.29, 0.717) is 22.3 Å². The van der Waals surface area contributed by atoms with Crippen molar-refractivity contribution in [3.8, 4) is 0 Å². The van der Waals surface area contributed by atoms with Gasteiger partial charge in [0.25, 0.3) is 11.2 Å². The van der Waals surface area contributed by atoms with Crippen LogP contribution in [0.4, 0.5) is 0 Å². The van der Waals surface area contributed by atoms with Crippen LogP contribution in [-0.2, 0) is 30.3 Å². The Kier molecular flexibility index (Phi) is 5.29. The van der Waals surface area contributed by atoms with Crippen LogP contribution in [0.2, 0.25) is 0 Å². The largest absolute Gasteiger partial charge is 0.433 e. The summed E-state index contributed by atoms with van der Waals surface area (Å²) in [6, 6.07) is 32.9. The van der Waals surface area contributed by atoms with Crippen LogP contribution in [0.5, 0.6) is 0 Å². The standard InChI is InChI=1S/C30H24O4/c1-21-13-9-11-19-25(21)29(23-15-5-3-6-16-23)27(31)34-30(28(32)33-29,24-17-7-4-8-18-24)26-20-12-10-14-22(26)2/h3-20H,1-2H3/t29-,30-/m0/s1. The van der Waals surface area contributed by atoms with E-state index in [0.717, 1.165) is 11.1 Å². The molecule has 1 fully saturated rings. The van der Waals surface area contributed by atoms with Gasteiger partial charge in [-0.1, -0.05) is 109 Å². The summed E-state index contributed by atoms with van der Waals surface area (Å²) in [5.74, 6) is -1.28. The Morgan fingerprint density at radius 2 is 0.794 bits per heavy atom. The summed E-state index contributed by atoms with van der Waals surface area (Å²) in [5.41, 5.74) is 0.425. The third kappa shape index (κ3) is 3.14. The van der Waals surface area contributed by atoms with Crippen molar-refractivity contribution in [1.82, 2.24) is 0 Å². The maximum atomic E-state index is 14.2. The van der Waals surface area contributed by atoms with Gasteiger partial charge < -0.3 is 9.47 Å². The molecule has 1 aliphatic rings. The highest BCUT2D eigenvalue weighted by atomic mass is 16.7. The van der Waals surface area contributed by atoms with Gasteiger partial charge in [0, 0.05) is 22.3 Å². The van der Waals surface area contributed by atoms with E-state index in [1.807, 2.05) is 86.6 Å². The Hall–Kier alpha value is -4.18. The van der Waals surface area contributed by atoms with Gasteiger partial charge >= 0.3 is 11.9 Å². The van der Waals surface area contributed by atoms with Gasteiger partial charge in [-0.2, -0.15) is 0 Å². The van der Waals surface area contributed by atoms with Crippen molar-refractivity contribution in [2.24, 2.45) is 0 Å².